The van der Waals surface area contributed by atoms with Crippen LogP contribution in [0.25, 0.3) is 5.88 Å². The van der Waals surface area contributed by atoms with Crippen LogP contribution < -0.4 is 16.2 Å². The number of pyridine rings is 1. The highest BCUT2D eigenvalue weighted by Gasteiger charge is 2.14. The predicted molar refractivity (Wildman–Crippen MR) is 118 cm³/mol. The summed E-state index contributed by atoms with van der Waals surface area (Å²) in [7, 11) is 0. The molecule has 0 spiro atoms. The minimum atomic E-state index is -0.145. The van der Waals surface area contributed by atoms with Crippen molar-refractivity contribution in [3.05, 3.63) is 69.6 Å². The van der Waals surface area contributed by atoms with Crippen LogP contribution in [0.5, 0.6) is 0 Å². The molecule has 0 aliphatic carbocycles. The highest BCUT2D eigenvalue weighted by atomic mass is 16.4. The molecule has 2 aromatic heterocycles. The molecule has 3 aromatic rings. The number of nitrogens with one attached hydrogen (secondary N) is 2. The van der Waals surface area contributed by atoms with Crippen molar-refractivity contribution >= 4 is 11.4 Å². The lowest BCUT2D eigenvalue weighted by molar-refractivity contribution is 0.525. The van der Waals surface area contributed by atoms with Crippen molar-refractivity contribution in [1.82, 2.24) is 9.55 Å². The largest absolute Gasteiger partial charge is 0.427 e. The molecule has 0 amide bonds. The van der Waals surface area contributed by atoms with Gasteiger partial charge in [0, 0.05) is 24.0 Å². The Kier molecular flexibility index (Phi) is 6.11. The van der Waals surface area contributed by atoms with E-state index in [1.54, 1.807) is 4.57 Å². The molecule has 0 radical (unpaired) electrons. The Morgan fingerprint density at radius 1 is 1.00 bits per heavy atom. The SMILES string of the molecule is Cc1cc(Cc2cc(NC(C)C)c(=O)n(-c3ocnc3C)c2)cc(NC(C)C)c1. The van der Waals surface area contributed by atoms with Crippen LogP contribution in [0.3, 0.4) is 0 Å². The summed E-state index contributed by atoms with van der Waals surface area (Å²) in [6.07, 6.45) is 3.91. The minimum Gasteiger partial charge on any atom is -0.427 e. The molecule has 29 heavy (non-hydrogen) atoms. The average Bonchev–Trinajstić information content (AvgIpc) is 3.02. The summed E-state index contributed by atoms with van der Waals surface area (Å²) in [6, 6.07) is 8.93. The second-order valence-electron chi connectivity index (χ2n) is 8.16. The van der Waals surface area contributed by atoms with Gasteiger partial charge in [-0.3, -0.25) is 9.36 Å². The normalized spacial score (nSPS) is 11.3. The van der Waals surface area contributed by atoms with Gasteiger partial charge in [-0.1, -0.05) is 6.07 Å². The van der Waals surface area contributed by atoms with Crippen molar-refractivity contribution < 1.29 is 4.42 Å². The first-order valence-corrected chi connectivity index (χ1v) is 10.0. The van der Waals surface area contributed by atoms with Crippen molar-refractivity contribution in [2.24, 2.45) is 0 Å². The molecule has 0 aliphatic heterocycles. The van der Waals surface area contributed by atoms with Crippen molar-refractivity contribution in [3.63, 3.8) is 0 Å². The number of hydrogen-bond acceptors (Lipinski definition) is 5. The van der Waals surface area contributed by atoms with Gasteiger partial charge in [-0.2, -0.15) is 0 Å². The average molecular weight is 395 g/mol. The fourth-order valence-electron chi connectivity index (χ4n) is 3.44. The van der Waals surface area contributed by atoms with Gasteiger partial charge in [0.05, 0.1) is 0 Å². The van der Waals surface area contributed by atoms with E-state index in [9.17, 15) is 4.79 Å². The second kappa shape index (κ2) is 8.55. The third-order valence-electron chi connectivity index (χ3n) is 4.46. The van der Waals surface area contributed by atoms with E-state index in [1.165, 1.54) is 17.5 Å². The maximum Gasteiger partial charge on any atom is 0.280 e. The zero-order valence-electron chi connectivity index (χ0n) is 18.0. The molecule has 1 aromatic carbocycles. The molecule has 0 unspecified atom stereocenters. The van der Waals surface area contributed by atoms with Gasteiger partial charge in [-0.25, -0.2) is 4.98 Å². The number of anilines is 2. The first-order chi connectivity index (χ1) is 13.7. The van der Waals surface area contributed by atoms with Crippen LogP contribution in [0.2, 0.25) is 0 Å². The fraction of sp³-hybridized carbons (Fsp3) is 0.391. The highest BCUT2D eigenvalue weighted by molar-refractivity contribution is 5.52. The lowest BCUT2D eigenvalue weighted by Gasteiger charge is -2.15. The van der Waals surface area contributed by atoms with Gasteiger partial charge < -0.3 is 15.1 Å². The first kappa shape index (κ1) is 20.7. The summed E-state index contributed by atoms with van der Waals surface area (Å²) >= 11 is 0. The molecule has 6 heteroatoms. The molecule has 154 valence electrons. The van der Waals surface area contributed by atoms with Gasteiger partial charge in [0.2, 0.25) is 5.88 Å². The number of aromatic nitrogens is 2. The van der Waals surface area contributed by atoms with Gasteiger partial charge in [-0.05, 0) is 82.9 Å². The summed E-state index contributed by atoms with van der Waals surface area (Å²) in [5, 5.41) is 6.73. The van der Waals surface area contributed by atoms with E-state index in [4.69, 9.17) is 4.42 Å². The van der Waals surface area contributed by atoms with E-state index >= 15 is 0 Å². The third kappa shape index (κ3) is 5.08. The van der Waals surface area contributed by atoms with Gasteiger partial charge in [0.25, 0.3) is 5.56 Å². The second-order valence-corrected chi connectivity index (χ2v) is 8.16. The number of benzene rings is 1. The van der Waals surface area contributed by atoms with Crippen molar-refractivity contribution in [2.45, 2.75) is 60.0 Å². The molecular weight excluding hydrogens is 364 g/mol. The minimum absolute atomic E-state index is 0.142. The van der Waals surface area contributed by atoms with E-state index in [-0.39, 0.29) is 11.6 Å². The predicted octanol–water partition coefficient (Wildman–Crippen LogP) is 4.67. The van der Waals surface area contributed by atoms with Crippen LogP contribution in [0.1, 0.15) is 50.1 Å². The molecule has 6 nitrogen and oxygen atoms in total. The lowest BCUT2D eigenvalue weighted by Crippen LogP contribution is -2.25. The third-order valence-corrected chi connectivity index (χ3v) is 4.46. The highest BCUT2D eigenvalue weighted by Crippen LogP contribution is 2.21. The first-order valence-electron chi connectivity index (χ1n) is 10.0. The van der Waals surface area contributed by atoms with Crippen molar-refractivity contribution in [1.29, 1.82) is 0 Å². The molecule has 0 saturated heterocycles. The van der Waals surface area contributed by atoms with Gasteiger partial charge >= 0.3 is 0 Å². The molecule has 0 fully saturated rings. The van der Waals surface area contributed by atoms with Gasteiger partial charge in [-0.15, -0.1) is 0 Å². The fourth-order valence-corrected chi connectivity index (χ4v) is 3.44. The molecule has 3 rings (SSSR count). The topological polar surface area (TPSA) is 72.1 Å². The Balaban J connectivity index is 2.04. The Bertz CT molecular complexity index is 1050. The smallest absolute Gasteiger partial charge is 0.280 e. The molecule has 2 heterocycles. The van der Waals surface area contributed by atoms with Crippen LogP contribution in [-0.4, -0.2) is 21.6 Å². The summed E-state index contributed by atoms with van der Waals surface area (Å²) in [4.78, 5) is 17.1. The van der Waals surface area contributed by atoms with E-state index in [0.717, 1.165) is 11.3 Å². The Labute approximate surface area is 172 Å². The maximum absolute atomic E-state index is 13.0. The van der Waals surface area contributed by atoms with E-state index < -0.39 is 0 Å². The van der Waals surface area contributed by atoms with Crippen LogP contribution in [0, 0.1) is 13.8 Å². The molecule has 0 aliphatic rings. The van der Waals surface area contributed by atoms with E-state index in [0.29, 0.717) is 29.7 Å². The zero-order chi connectivity index (χ0) is 21.1. The standard InChI is InChI=1S/C23H30N4O2/c1-14(2)25-20-8-16(5)7-18(10-20)9-19-11-21(26-15(3)4)22(28)27(12-19)23-17(6)24-13-29-23/h7-8,10-15,25-26H,9H2,1-6H3. The molecular formula is C23H30N4O2. The Hall–Kier alpha value is -3.02. The van der Waals surface area contributed by atoms with Crippen molar-refractivity contribution in [2.75, 3.05) is 10.6 Å². The summed E-state index contributed by atoms with van der Waals surface area (Å²) in [6.45, 7) is 12.2. The monoisotopic (exact) mass is 394 g/mol. The van der Waals surface area contributed by atoms with E-state index in [1.807, 2.05) is 33.0 Å². The van der Waals surface area contributed by atoms with Crippen LogP contribution in [-0.2, 0) is 6.42 Å². The number of rotatable bonds is 7. The van der Waals surface area contributed by atoms with Crippen LogP contribution in [0.4, 0.5) is 11.4 Å². The van der Waals surface area contributed by atoms with Gasteiger partial charge in [0.1, 0.15) is 11.4 Å². The Morgan fingerprint density at radius 3 is 2.34 bits per heavy atom. The number of nitrogens with zero attached hydrogens (tertiary/aromatic N) is 2. The van der Waals surface area contributed by atoms with E-state index in [2.05, 4.69) is 54.6 Å². The zero-order valence-corrected chi connectivity index (χ0v) is 18.0. The quantitative estimate of drug-likeness (QED) is 0.609. The lowest BCUT2D eigenvalue weighted by atomic mass is 10.0. The summed E-state index contributed by atoms with van der Waals surface area (Å²) in [5.74, 6) is 0.454. The molecule has 0 saturated carbocycles. The molecule has 0 bridgehead atoms. The van der Waals surface area contributed by atoms with Crippen molar-refractivity contribution in [3.8, 4) is 5.88 Å². The number of oxazole rings is 1. The van der Waals surface area contributed by atoms with Gasteiger partial charge in [0.15, 0.2) is 6.39 Å². The Morgan fingerprint density at radius 2 is 1.72 bits per heavy atom. The summed E-state index contributed by atoms with van der Waals surface area (Å²) in [5.41, 5.74) is 5.60. The van der Waals surface area contributed by atoms with Crippen LogP contribution in [0.15, 0.2) is 46.1 Å². The number of aryl methyl sites for hydroxylation is 2. The maximum atomic E-state index is 13.0. The molecule has 0 atom stereocenters. The number of hydrogen-bond donors (Lipinski definition) is 2. The van der Waals surface area contributed by atoms with Crippen LogP contribution >= 0.6 is 0 Å². The molecule has 2 N–H and O–H groups in total. The summed E-state index contributed by atoms with van der Waals surface area (Å²) < 4.78 is 7.04.